The molecule has 7 nitrogen and oxygen atoms in total. The molecule has 35 heavy (non-hydrogen) atoms. The highest BCUT2D eigenvalue weighted by Gasteiger charge is 2.23. The summed E-state index contributed by atoms with van der Waals surface area (Å²) in [6, 6.07) is 20.1. The molecule has 0 unspecified atom stereocenters. The molecule has 1 heterocycles. The summed E-state index contributed by atoms with van der Waals surface area (Å²) >= 11 is 0. The first-order chi connectivity index (χ1) is 16.9. The number of nitrogens with one attached hydrogen (secondary N) is 2. The number of amides is 1. The van der Waals surface area contributed by atoms with E-state index in [0.717, 1.165) is 58.7 Å². The summed E-state index contributed by atoms with van der Waals surface area (Å²) in [5.74, 6) is 0.717. The van der Waals surface area contributed by atoms with Crippen LogP contribution in [0.2, 0.25) is 0 Å². The standard InChI is InChI=1S/C28H31N5O2/c1-35-23-11-12-24-17(13-23)3-2-4-20(24)16-33-25-15-19(27(30)31)6-5-18(25)14-26(33)28(34)32-22-9-7-21(29)8-10-22/h2-6,11-15,21-22H,7-10,16,29H2,1H3,(H3,30,31)(H,32,34)/t21-,22-. The molecule has 7 heteroatoms. The zero-order valence-corrected chi connectivity index (χ0v) is 19.9. The Labute approximate surface area is 204 Å². The van der Waals surface area contributed by atoms with E-state index in [1.165, 1.54) is 0 Å². The van der Waals surface area contributed by atoms with Crippen LogP contribution in [-0.2, 0) is 6.54 Å². The van der Waals surface area contributed by atoms with Crippen LogP contribution >= 0.6 is 0 Å². The molecule has 1 amide bonds. The number of carbonyl (C=O) groups is 1. The summed E-state index contributed by atoms with van der Waals surface area (Å²) in [5, 5.41) is 14.2. The average Bonchev–Trinajstić information content (AvgIpc) is 3.23. The topological polar surface area (TPSA) is 119 Å². The number of nitrogens with zero attached hydrogens (tertiary/aromatic N) is 1. The Balaban J connectivity index is 1.57. The predicted octanol–water partition coefficient (Wildman–Crippen LogP) is 4.14. The van der Waals surface area contributed by atoms with Crippen molar-refractivity contribution in [3.05, 3.63) is 77.5 Å². The van der Waals surface area contributed by atoms with Crippen LogP contribution in [0.3, 0.4) is 0 Å². The first-order valence-corrected chi connectivity index (χ1v) is 12.0. The Bertz CT molecular complexity index is 1420. The Kier molecular flexibility index (Phi) is 6.17. The number of rotatable bonds is 6. The van der Waals surface area contributed by atoms with Crippen molar-refractivity contribution in [3.8, 4) is 5.75 Å². The van der Waals surface area contributed by atoms with Crippen molar-refractivity contribution >= 4 is 33.4 Å². The highest BCUT2D eigenvalue weighted by molar-refractivity contribution is 6.02. The van der Waals surface area contributed by atoms with Crippen LogP contribution in [0.4, 0.5) is 0 Å². The molecule has 0 atom stereocenters. The molecule has 180 valence electrons. The van der Waals surface area contributed by atoms with Gasteiger partial charge in [-0.1, -0.05) is 36.4 Å². The number of nitrogen functional groups attached to an aromatic ring is 1. The van der Waals surface area contributed by atoms with Gasteiger partial charge in [0.1, 0.15) is 17.3 Å². The Morgan fingerprint density at radius 2 is 1.86 bits per heavy atom. The molecule has 4 aromatic rings. The van der Waals surface area contributed by atoms with Gasteiger partial charge in [-0.25, -0.2) is 0 Å². The van der Waals surface area contributed by atoms with E-state index < -0.39 is 0 Å². The molecule has 1 aromatic heterocycles. The molecule has 6 N–H and O–H groups in total. The third-order valence-corrected chi connectivity index (χ3v) is 7.06. The van der Waals surface area contributed by atoms with Crippen molar-refractivity contribution in [1.29, 1.82) is 5.41 Å². The second-order valence-corrected chi connectivity index (χ2v) is 9.39. The van der Waals surface area contributed by atoms with Gasteiger partial charge in [0.25, 0.3) is 5.91 Å². The van der Waals surface area contributed by atoms with E-state index in [1.54, 1.807) is 7.11 Å². The zero-order valence-electron chi connectivity index (χ0n) is 19.9. The molecule has 0 radical (unpaired) electrons. The molecule has 1 fully saturated rings. The maximum Gasteiger partial charge on any atom is 0.268 e. The summed E-state index contributed by atoms with van der Waals surface area (Å²) < 4.78 is 7.43. The number of benzene rings is 3. The van der Waals surface area contributed by atoms with Gasteiger partial charge in [0, 0.05) is 35.1 Å². The van der Waals surface area contributed by atoms with Gasteiger partial charge in [-0.05, 0) is 66.3 Å². The van der Waals surface area contributed by atoms with E-state index in [0.29, 0.717) is 17.8 Å². The molecule has 1 aliphatic carbocycles. The van der Waals surface area contributed by atoms with E-state index in [-0.39, 0.29) is 23.8 Å². The molecule has 1 aliphatic rings. The van der Waals surface area contributed by atoms with Crippen molar-refractivity contribution in [3.63, 3.8) is 0 Å². The van der Waals surface area contributed by atoms with Crippen LogP contribution in [0.1, 0.15) is 47.3 Å². The van der Waals surface area contributed by atoms with Crippen molar-refractivity contribution in [2.75, 3.05) is 7.11 Å². The summed E-state index contributed by atoms with van der Waals surface area (Å²) in [5.41, 5.74) is 15.0. The molecule has 1 saturated carbocycles. The maximum absolute atomic E-state index is 13.5. The fraction of sp³-hybridized carbons (Fsp3) is 0.286. The SMILES string of the molecule is COc1ccc2c(Cn3c(C(=O)N[C@H]4CC[C@H](N)CC4)cc4ccc(C(=N)N)cc43)cccc2c1. The van der Waals surface area contributed by atoms with Crippen molar-refractivity contribution in [2.24, 2.45) is 11.5 Å². The zero-order chi connectivity index (χ0) is 24.5. The summed E-state index contributed by atoms with van der Waals surface area (Å²) in [4.78, 5) is 13.5. The van der Waals surface area contributed by atoms with Gasteiger partial charge >= 0.3 is 0 Å². The predicted molar refractivity (Wildman–Crippen MR) is 140 cm³/mol. The number of hydrogen-bond donors (Lipinski definition) is 4. The van der Waals surface area contributed by atoms with Gasteiger partial charge in [0.2, 0.25) is 0 Å². The van der Waals surface area contributed by atoms with E-state index >= 15 is 0 Å². The smallest absolute Gasteiger partial charge is 0.268 e. The number of ether oxygens (including phenoxy) is 1. The third-order valence-electron chi connectivity index (χ3n) is 7.06. The largest absolute Gasteiger partial charge is 0.497 e. The van der Waals surface area contributed by atoms with Gasteiger partial charge in [0.15, 0.2) is 0 Å². The summed E-state index contributed by atoms with van der Waals surface area (Å²) in [6.07, 6.45) is 3.64. The van der Waals surface area contributed by atoms with Crippen LogP contribution in [0.25, 0.3) is 21.7 Å². The minimum Gasteiger partial charge on any atom is -0.497 e. The minimum atomic E-state index is -0.0899. The average molecular weight is 470 g/mol. The van der Waals surface area contributed by atoms with Gasteiger partial charge in [0.05, 0.1) is 7.11 Å². The number of hydrogen-bond acceptors (Lipinski definition) is 4. The van der Waals surface area contributed by atoms with Gasteiger partial charge in [-0.3, -0.25) is 10.2 Å². The molecule has 5 rings (SSSR count). The number of carbonyl (C=O) groups excluding carboxylic acids is 1. The van der Waals surface area contributed by atoms with E-state index in [4.69, 9.17) is 21.6 Å². The molecule has 0 saturated heterocycles. The number of methoxy groups -OCH3 is 1. The first kappa shape index (κ1) is 22.9. The lowest BCUT2D eigenvalue weighted by atomic mass is 9.92. The molecule has 0 bridgehead atoms. The van der Waals surface area contributed by atoms with Crippen LogP contribution in [0, 0.1) is 5.41 Å². The number of nitrogens with two attached hydrogens (primary N) is 2. The Morgan fingerprint density at radius 1 is 1.06 bits per heavy atom. The quantitative estimate of drug-likeness (QED) is 0.251. The molecule has 0 spiro atoms. The van der Waals surface area contributed by atoms with Gasteiger partial charge in [-0.15, -0.1) is 0 Å². The monoisotopic (exact) mass is 469 g/mol. The summed E-state index contributed by atoms with van der Waals surface area (Å²) in [6.45, 7) is 0.507. The maximum atomic E-state index is 13.5. The fourth-order valence-electron chi connectivity index (χ4n) is 5.07. The number of fused-ring (bicyclic) bond motifs is 2. The normalized spacial score (nSPS) is 18.0. The highest BCUT2D eigenvalue weighted by Crippen LogP contribution is 2.28. The van der Waals surface area contributed by atoms with Crippen molar-refractivity contribution in [2.45, 2.75) is 44.3 Å². The first-order valence-electron chi connectivity index (χ1n) is 12.0. The van der Waals surface area contributed by atoms with E-state index in [2.05, 4.69) is 23.5 Å². The van der Waals surface area contributed by atoms with Crippen LogP contribution in [0.5, 0.6) is 5.75 Å². The van der Waals surface area contributed by atoms with Gasteiger partial charge < -0.3 is 26.1 Å². The van der Waals surface area contributed by atoms with Crippen LogP contribution < -0.4 is 21.5 Å². The number of aromatic nitrogens is 1. The van der Waals surface area contributed by atoms with Crippen molar-refractivity contribution in [1.82, 2.24) is 9.88 Å². The van der Waals surface area contributed by atoms with Crippen molar-refractivity contribution < 1.29 is 9.53 Å². The highest BCUT2D eigenvalue weighted by atomic mass is 16.5. The minimum absolute atomic E-state index is 0.00134. The second kappa shape index (κ2) is 9.43. The molecule has 0 aliphatic heterocycles. The number of amidine groups is 1. The van der Waals surface area contributed by atoms with E-state index in [1.807, 2.05) is 47.0 Å². The lowest BCUT2D eigenvalue weighted by molar-refractivity contribution is 0.0917. The van der Waals surface area contributed by atoms with E-state index in [9.17, 15) is 4.79 Å². The third kappa shape index (κ3) is 4.59. The Hall–Kier alpha value is -3.84. The van der Waals surface area contributed by atoms with Gasteiger partial charge in [-0.2, -0.15) is 0 Å². The lowest BCUT2D eigenvalue weighted by Gasteiger charge is -2.27. The molecular formula is C28H31N5O2. The lowest BCUT2D eigenvalue weighted by Crippen LogP contribution is -2.41. The summed E-state index contributed by atoms with van der Waals surface area (Å²) in [7, 11) is 1.66. The second-order valence-electron chi connectivity index (χ2n) is 9.39. The fourth-order valence-corrected chi connectivity index (χ4v) is 5.07. The molecule has 3 aromatic carbocycles. The van der Waals surface area contributed by atoms with Crippen LogP contribution in [-0.4, -0.2) is 35.5 Å². The Morgan fingerprint density at radius 3 is 2.60 bits per heavy atom. The molecular weight excluding hydrogens is 438 g/mol. The van der Waals surface area contributed by atoms with Crippen LogP contribution in [0.15, 0.2) is 60.7 Å².